The van der Waals surface area contributed by atoms with Crippen LogP contribution in [-0.4, -0.2) is 23.1 Å². The maximum Gasteiger partial charge on any atom is 0.134 e. The molecule has 0 aromatic carbocycles. The molecule has 0 radical (unpaired) electrons. The lowest BCUT2D eigenvalue weighted by Gasteiger charge is -2.20. The Bertz CT molecular complexity index is 349. The first kappa shape index (κ1) is 10.4. The molecule has 0 saturated carbocycles. The quantitative estimate of drug-likeness (QED) is 0.778. The maximum absolute atomic E-state index is 4.58. The van der Waals surface area contributed by atoms with Crippen molar-refractivity contribution in [3.8, 4) is 0 Å². The summed E-state index contributed by atoms with van der Waals surface area (Å²) in [6, 6.07) is 0. The Morgan fingerprint density at radius 3 is 2.93 bits per heavy atom. The first-order valence-corrected chi connectivity index (χ1v) is 5.68. The summed E-state index contributed by atoms with van der Waals surface area (Å²) in [4.78, 5) is 9.12. The van der Waals surface area contributed by atoms with Crippen LogP contribution in [0.1, 0.15) is 30.9 Å². The van der Waals surface area contributed by atoms with Crippen LogP contribution >= 0.6 is 0 Å². The van der Waals surface area contributed by atoms with Gasteiger partial charge in [-0.1, -0.05) is 6.92 Å². The summed E-state index contributed by atoms with van der Waals surface area (Å²) in [6.45, 7) is 7.02. The van der Waals surface area contributed by atoms with Gasteiger partial charge in [-0.2, -0.15) is 0 Å². The average molecular weight is 206 g/mol. The fraction of sp³-hybridized carbons (Fsp3) is 0.636. The highest BCUT2D eigenvalue weighted by atomic mass is 15.0. The van der Waals surface area contributed by atoms with Gasteiger partial charge < -0.3 is 10.6 Å². The number of nitrogens with zero attached hydrogens (tertiary/aromatic N) is 2. The molecule has 1 aliphatic rings. The minimum absolute atomic E-state index is 0.891. The van der Waals surface area contributed by atoms with Crippen LogP contribution < -0.4 is 10.6 Å². The Balaban J connectivity index is 2.41. The smallest absolute Gasteiger partial charge is 0.134 e. The van der Waals surface area contributed by atoms with E-state index in [-0.39, 0.29) is 0 Å². The van der Waals surface area contributed by atoms with E-state index < -0.39 is 0 Å². The van der Waals surface area contributed by atoms with E-state index in [0.717, 1.165) is 44.1 Å². The van der Waals surface area contributed by atoms with Gasteiger partial charge in [-0.3, -0.25) is 0 Å². The number of rotatable bonds is 3. The minimum Gasteiger partial charge on any atom is -0.370 e. The van der Waals surface area contributed by atoms with Gasteiger partial charge in [0.25, 0.3) is 0 Å². The van der Waals surface area contributed by atoms with Crippen LogP contribution in [0.15, 0.2) is 0 Å². The molecule has 0 bridgehead atoms. The zero-order valence-corrected chi connectivity index (χ0v) is 9.43. The zero-order chi connectivity index (χ0) is 10.7. The molecule has 82 valence electrons. The summed E-state index contributed by atoms with van der Waals surface area (Å²) in [5.74, 6) is 1.97. The molecule has 1 aromatic rings. The van der Waals surface area contributed by atoms with Gasteiger partial charge in [0, 0.05) is 38.0 Å². The summed E-state index contributed by atoms with van der Waals surface area (Å²) in [5.41, 5.74) is 2.47. The molecular weight excluding hydrogens is 188 g/mol. The highest BCUT2D eigenvalue weighted by molar-refractivity contribution is 5.47. The third-order valence-corrected chi connectivity index (χ3v) is 2.64. The van der Waals surface area contributed by atoms with Crippen LogP contribution in [0.3, 0.4) is 0 Å². The van der Waals surface area contributed by atoms with Gasteiger partial charge in [0.1, 0.15) is 11.6 Å². The number of hydrogen-bond donors (Lipinski definition) is 2. The summed E-state index contributed by atoms with van der Waals surface area (Å²) < 4.78 is 0. The van der Waals surface area contributed by atoms with E-state index >= 15 is 0 Å². The fourth-order valence-electron chi connectivity index (χ4n) is 1.87. The molecule has 4 nitrogen and oxygen atoms in total. The third-order valence-electron chi connectivity index (χ3n) is 2.64. The number of aromatic nitrogens is 2. The SMILES string of the molecule is CCNc1nc(CC)nc2c1CNCC2. The third kappa shape index (κ3) is 2.09. The average Bonchev–Trinajstić information content (AvgIpc) is 2.29. The normalized spacial score (nSPS) is 14.8. The topological polar surface area (TPSA) is 49.8 Å². The lowest BCUT2D eigenvalue weighted by atomic mass is 10.1. The number of anilines is 1. The highest BCUT2D eigenvalue weighted by Crippen LogP contribution is 2.19. The minimum atomic E-state index is 0.891. The van der Waals surface area contributed by atoms with Crippen LogP contribution in [0.4, 0.5) is 5.82 Å². The largest absolute Gasteiger partial charge is 0.370 e. The van der Waals surface area contributed by atoms with Crippen molar-refractivity contribution in [2.24, 2.45) is 0 Å². The second-order valence-electron chi connectivity index (χ2n) is 3.72. The lowest BCUT2D eigenvalue weighted by Crippen LogP contribution is -2.27. The molecule has 1 aromatic heterocycles. The lowest BCUT2D eigenvalue weighted by molar-refractivity contribution is 0.622. The van der Waals surface area contributed by atoms with Gasteiger partial charge in [0.05, 0.1) is 5.69 Å². The molecule has 0 atom stereocenters. The van der Waals surface area contributed by atoms with Crippen molar-refractivity contribution >= 4 is 5.82 Å². The van der Waals surface area contributed by atoms with E-state index in [4.69, 9.17) is 0 Å². The maximum atomic E-state index is 4.58. The monoisotopic (exact) mass is 206 g/mol. The Labute approximate surface area is 90.5 Å². The van der Waals surface area contributed by atoms with Gasteiger partial charge >= 0.3 is 0 Å². The van der Waals surface area contributed by atoms with Crippen molar-refractivity contribution in [2.45, 2.75) is 33.2 Å². The Morgan fingerprint density at radius 2 is 2.20 bits per heavy atom. The van der Waals surface area contributed by atoms with Crippen molar-refractivity contribution in [3.63, 3.8) is 0 Å². The first-order chi connectivity index (χ1) is 7.35. The van der Waals surface area contributed by atoms with E-state index in [9.17, 15) is 0 Å². The van der Waals surface area contributed by atoms with Crippen molar-refractivity contribution in [1.29, 1.82) is 0 Å². The molecule has 1 aliphatic heterocycles. The van der Waals surface area contributed by atoms with Crippen LogP contribution in [0.25, 0.3) is 0 Å². The number of hydrogen-bond acceptors (Lipinski definition) is 4. The van der Waals surface area contributed by atoms with Crippen LogP contribution in [0.2, 0.25) is 0 Å². The van der Waals surface area contributed by atoms with Crippen LogP contribution in [-0.2, 0) is 19.4 Å². The Morgan fingerprint density at radius 1 is 1.33 bits per heavy atom. The molecule has 2 N–H and O–H groups in total. The molecule has 4 heteroatoms. The highest BCUT2D eigenvalue weighted by Gasteiger charge is 2.16. The van der Waals surface area contributed by atoms with Gasteiger partial charge in [-0.15, -0.1) is 0 Å². The number of fused-ring (bicyclic) bond motifs is 1. The van der Waals surface area contributed by atoms with E-state index in [1.54, 1.807) is 0 Å². The van der Waals surface area contributed by atoms with Gasteiger partial charge in [0.15, 0.2) is 0 Å². The summed E-state index contributed by atoms with van der Waals surface area (Å²) in [6.07, 6.45) is 1.92. The van der Waals surface area contributed by atoms with Crippen molar-refractivity contribution in [3.05, 3.63) is 17.1 Å². The van der Waals surface area contributed by atoms with Crippen molar-refractivity contribution in [2.75, 3.05) is 18.4 Å². The molecule has 2 rings (SSSR count). The predicted molar refractivity (Wildman–Crippen MR) is 61.0 cm³/mol. The number of aryl methyl sites for hydroxylation is 1. The van der Waals surface area contributed by atoms with Gasteiger partial charge in [-0.25, -0.2) is 9.97 Å². The second-order valence-corrected chi connectivity index (χ2v) is 3.72. The molecule has 0 aliphatic carbocycles. The van der Waals surface area contributed by atoms with Crippen LogP contribution in [0.5, 0.6) is 0 Å². The number of nitrogens with one attached hydrogen (secondary N) is 2. The van der Waals surface area contributed by atoms with E-state index in [2.05, 4.69) is 34.4 Å². The Kier molecular flexibility index (Phi) is 3.16. The zero-order valence-electron chi connectivity index (χ0n) is 9.43. The van der Waals surface area contributed by atoms with Crippen molar-refractivity contribution < 1.29 is 0 Å². The van der Waals surface area contributed by atoms with Crippen molar-refractivity contribution in [1.82, 2.24) is 15.3 Å². The second kappa shape index (κ2) is 4.57. The Hall–Kier alpha value is -1.16. The molecule has 2 heterocycles. The first-order valence-electron chi connectivity index (χ1n) is 5.68. The molecule has 0 amide bonds. The van der Waals surface area contributed by atoms with E-state index in [0.29, 0.717) is 0 Å². The fourth-order valence-corrected chi connectivity index (χ4v) is 1.87. The molecule has 15 heavy (non-hydrogen) atoms. The molecule has 0 unspecified atom stereocenters. The summed E-state index contributed by atoms with van der Waals surface area (Å²) >= 11 is 0. The van der Waals surface area contributed by atoms with E-state index in [1.165, 1.54) is 11.3 Å². The molecule has 0 saturated heterocycles. The predicted octanol–water partition coefficient (Wildman–Crippen LogP) is 1.12. The molecule has 0 fully saturated rings. The molecule has 0 spiro atoms. The summed E-state index contributed by atoms with van der Waals surface area (Å²) in [5, 5.41) is 6.68. The summed E-state index contributed by atoms with van der Waals surface area (Å²) in [7, 11) is 0. The standard InChI is InChI=1S/C11H18N4/c1-3-10-14-9-5-6-12-7-8(9)11(15-10)13-4-2/h12H,3-7H2,1-2H3,(H,13,14,15). The van der Waals surface area contributed by atoms with Gasteiger partial charge in [0.2, 0.25) is 0 Å². The molecular formula is C11H18N4. The van der Waals surface area contributed by atoms with Gasteiger partial charge in [-0.05, 0) is 6.92 Å². The van der Waals surface area contributed by atoms with E-state index in [1.807, 2.05) is 0 Å². The van der Waals surface area contributed by atoms with Crippen LogP contribution in [0, 0.1) is 0 Å².